The van der Waals surface area contributed by atoms with Gasteiger partial charge in [-0.05, 0) is 19.9 Å². The van der Waals surface area contributed by atoms with E-state index < -0.39 is 97.3 Å². The van der Waals surface area contributed by atoms with E-state index in [-0.39, 0.29) is 25.4 Å². The van der Waals surface area contributed by atoms with Crippen LogP contribution in [-0.4, -0.2) is 124 Å². The number of carbonyl (C=O) groups excluding carboxylic acids is 2. The summed E-state index contributed by atoms with van der Waals surface area (Å²) >= 11 is 0. The van der Waals surface area contributed by atoms with Gasteiger partial charge in [0.15, 0.2) is 12.1 Å². The zero-order valence-corrected chi connectivity index (χ0v) is 27.4. The van der Waals surface area contributed by atoms with Crippen LogP contribution in [0, 0.1) is 5.92 Å². The molecule has 0 aliphatic carbocycles. The minimum Gasteiger partial charge on any atom is -0.469 e. The number of methoxy groups -OCH3 is 1. The lowest BCUT2D eigenvalue weighted by molar-refractivity contribution is -0.308. The molecule has 48 heavy (non-hydrogen) atoms. The molecule has 14 heteroatoms. The van der Waals surface area contributed by atoms with Crippen molar-refractivity contribution in [3.63, 3.8) is 0 Å². The molecule has 2 bridgehead atoms. The predicted octanol–water partition coefficient (Wildman–Crippen LogP) is 0.208. The Labute approximate surface area is 280 Å². The van der Waals surface area contributed by atoms with Gasteiger partial charge >= 0.3 is 11.9 Å². The Morgan fingerprint density at radius 3 is 2.38 bits per heavy atom. The summed E-state index contributed by atoms with van der Waals surface area (Å²) in [4.78, 5) is 25.0. The van der Waals surface area contributed by atoms with Crippen molar-refractivity contribution < 1.29 is 63.5 Å². The van der Waals surface area contributed by atoms with E-state index >= 15 is 0 Å². The zero-order chi connectivity index (χ0) is 35.0. The third-order valence-electron chi connectivity index (χ3n) is 8.76. The van der Waals surface area contributed by atoms with Crippen LogP contribution in [0.25, 0.3) is 0 Å². The molecule has 0 aromatic carbocycles. The van der Waals surface area contributed by atoms with Crippen LogP contribution in [0.2, 0.25) is 0 Å². The minimum absolute atomic E-state index is 0.105. The van der Waals surface area contributed by atoms with E-state index in [1.54, 1.807) is 56.4 Å². The molecule has 4 aliphatic rings. The smallest absolute Gasteiger partial charge is 0.330 e. The van der Waals surface area contributed by atoms with Gasteiger partial charge in [0.05, 0.1) is 55.9 Å². The van der Waals surface area contributed by atoms with Crippen LogP contribution in [-0.2, 0) is 38.0 Å². The first-order chi connectivity index (χ1) is 22.8. The first kappa shape index (κ1) is 38.0. The Morgan fingerprint density at radius 2 is 1.65 bits per heavy atom. The van der Waals surface area contributed by atoms with Gasteiger partial charge < -0.3 is 59.7 Å². The van der Waals surface area contributed by atoms with Gasteiger partial charge in [-0.15, -0.1) is 0 Å². The van der Waals surface area contributed by atoms with Gasteiger partial charge in [0.1, 0.15) is 24.2 Å². The SMILES string of the molecule is COC(=O)[C@H]1[C@@H]2C[C@@H](O[C@@H]3O[C@H](C)[C@@H](O)[C@H](N)[C@@H]3O)/C=C/C=C/C=C/C=C\C[C@@H](C)OC(=O)/C=C\[C@H]3O[C@H]3C[C@H](O)C[C@](O)(C[C@@H]1O)O2. The van der Waals surface area contributed by atoms with Crippen molar-refractivity contribution in [2.24, 2.45) is 11.7 Å². The highest BCUT2D eigenvalue weighted by Crippen LogP contribution is 2.39. The molecule has 14 atom stereocenters. The fraction of sp³-hybridized carbons (Fsp3) is 0.647. The molecular weight excluding hydrogens is 630 g/mol. The number of rotatable bonds is 3. The third-order valence-corrected chi connectivity index (χ3v) is 8.76. The second-order valence-corrected chi connectivity index (χ2v) is 12.8. The molecule has 4 heterocycles. The minimum atomic E-state index is -2.05. The van der Waals surface area contributed by atoms with Gasteiger partial charge in [0.25, 0.3) is 0 Å². The summed E-state index contributed by atoms with van der Waals surface area (Å²) in [5, 5.41) is 54.4. The Kier molecular flexibility index (Phi) is 13.7. The van der Waals surface area contributed by atoms with Gasteiger partial charge in [0, 0.05) is 38.2 Å². The van der Waals surface area contributed by atoms with Crippen molar-refractivity contribution in [2.45, 2.75) is 125 Å². The number of esters is 2. The summed E-state index contributed by atoms with van der Waals surface area (Å²) < 4.78 is 33.8. The van der Waals surface area contributed by atoms with E-state index in [4.69, 9.17) is 34.2 Å². The maximum atomic E-state index is 12.9. The lowest BCUT2D eigenvalue weighted by Gasteiger charge is -2.45. The Morgan fingerprint density at radius 1 is 0.938 bits per heavy atom. The average Bonchev–Trinajstić information content (AvgIpc) is 3.76. The van der Waals surface area contributed by atoms with E-state index in [1.807, 2.05) is 12.2 Å². The van der Waals surface area contributed by atoms with E-state index in [0.717, 1.165) is 0 Å². The van der Waals surface area contributed by atoms with Crippen LogP contribution in [0.3, 0.4) is 0 Å². The zero-order valence-electron chi connectivity index (χ0n) is 27.4. The van der Waals surface area contributed by atoms with E-state index in [0.29, 0.717) is 6.42 Å². The number of nitrogens with two attached hydrogens (primary N) is 1. The monoisotopic (exact) mass is 679 g/mol. The quantitative estimate of drug-likeness (QED) is 0.174. The van der Waals surface area contributed by atoms with Crippen molar-refractivity contribution in [1.29, 1.82) is 0 Å². The number of aliphatic hydroxyl groups excluding tert-OH is 4. The van der Waals surface area contributed by atoms with E-state index in [1.165, 1.54) is 13.2 Å². The van der Waals surface area contributed by atoms with Gasteiger partial charge in [-0.25, -0.2) is 4.79 Å². The summed E-state index contributed by atoms with van der Waals surface area (Å²) in [6, 6.07) is -1.06. The molecule has 0 spiro atoms. The van der Waals surface area contributed by atoms with Crippen LogP contribution in [0.15, 0.2) is 60.8 Å². The molecule has 14 nitrogen and oxygen atoms in total. The second-order valence-electron chi connectivity index (χ2n) is 12.8. The molecule has 0 radical (unpaired) electrons. The summed E-state index contributed by atoms with van der Waals surface area (Å²) in [5.41, 5.74) is 6.01. The van der Waals surface area contributed by atoms with Crippen molar-refractivity contribution in [3.05, 3.63) is 60.8 Å². The first-order valence-corrected chi connectivity index (χ1v) is 16.3. The molecule has 3 fully saturated rings. The topological polar surface area (TPSA) is 220 Å². The number of hydrogen-bond acceptors (Lipinski definition) is 14. The summed E-state index contributed by atoms with van der Waals surface area (Å²) in [7, 11) is 1.17. The molecule has 0 aromatic heterocycles. The van der Waals surface area contributed by atoms with Crippen molar-refractivity contribution >= 4 is 11.9 Å². The van der Waals surface area contributed by atoms with Crippen LogP contribution in [0.4, 0.5) is 0 Å². The molecule has 0 aromatic rings. The van der Waals surface area contributed by atoms with Gasteiger partial charge in [-0.1, -0.05) is 48.6 Å². The molecule has 0 amide bonds. The van der Waals surface area contributed by atoms with Crippen LogP contribution in [0.1, 0.15) is 46.0 Å². The standard InChI is InChI=1S/C34H49NO13/c1-19-11-9-7-5-4-6-8-10-12-22(46-33-31(40)29(35)30(39)20(2)45-33)16-26-28(32(41)43-3)23(37)18-34(42,48-26)17-21(36)15-25-24(47-25)13-14-27(38)44-19/h4-10,12-14,19-26,28-31,33,36-37,39-40,42H,11,15-18,35H2,1-3H3/b5-4+,8-6+,9-7-,12-10+,14-13-/t19-,20-,21+,22+,23+,24-,25+,26+,28-,29+,30-,31+,33+,34-/m1/s1. The van der Waals surface area contributed by atoms with Crippen LogP contribution >= 0.6 is 0 Å². The number of epoxide rings is 1. The maximum Gasteiger partial charge on any atom is 0.330 e. The fourth-order valence-corrected chi connectivity index (χ4v) is 6.13. The number of ether oxygens (including phenoxy) is 6. The number of allylic oxidation sites excluding steroid dienone is 6. The van der Waals surface area contributed by atoms with E-state index in [9.17, 15) is 35.1 Å². The average molecular weight is 680 g/mol. The van der Waals surface area contributed by atoms with Crippen molar-refractivity contribution in [1.82, 2.24) is 0 Å². The van der Waals surface area contributed by atoms with Gasteiger partial charge in [0.2, 0.25) is 0 Å². The fourth-order valence-electron chi connectivity index (χ4n) is 6.13. The first-order valence-electron chi connectivity index (χ1n) is 16.3. The summed E-state index contributed by atoms with van der Waals surface area (Å²) in [5.74, 6) is -4.56. The normalized spacial score (nSPS) is 46.4. The molecule has 4 aliphatic heterocycles. The van der Waals surface area contributed by atoms with Gasteiger partial charge in [-0.2, -0.15) is 0 Å². The van der Waals surface area contributed by atoms with Gasteiger partial charge in [-0.3, -0.25) is 4.79 Å². The lowest BCUT2D eigenvalue weighted by Crippen LogP contribution is -2.61. The molecule has 4 rings (SSSR count). The lowest BCUT2D eigenvalue weighted by atomic mass is 9.83. The Bertz CT molecular complexity index is 1240. The highest BCUT2D eigenvalue weighted by Gasteiger charge is 2.51. The summed E-state index contributed by atoms with van der Waals surface area (Å²) in [6.07, 6.45) is 6.23. The Balaban J connectivity index is 1.60. The van der Waals surface area contributed by atoms with E-state index in [2.05, 4.69) is 0 Å². The maximum absolute atomic E-state index is 12.9. The van der Waals surface area contributed by atoms with Crippen LogP contribution < -0.4 is 5.73 Å². The molecular formula is C34H49NO13. The Hall–Kier alpha value is -2.76. The number of fused-ring (bicyclic) bond motifs is 3. The highest BCUT2D eigenvalue weighted by molar-refractivity contribution is 5.82. The number of carbonyl (C=O) groups is 2. The molecule has 7 N–H and O–H groups in total. The molecule has 3 saturated heterocycles. The van der Waals surface area contributed by atoms with Crippen molar-refractivity contribution in [2.75, 3.05) is 7.11 Å². The largest absolute Gasteiger partial charge is 0.469 e. The third kappa shape index (κ3) is 10.6. The highest BCUT2D eigenvalue weighted by atomic mass is 16.7. The predicted molar refractivity (Wildman–Crippen MR) is 170 cm³/mol. The molecule has 0 unspecified atom stereocenters. The second kappa shape index (κ2) is 17.3. The number of cyclic esters (lactones) is 1. The number of hydrogen-bond donors (Lipinski definition) is 6. The van der Waals surface area contributed by atoms with Crippen LogP contribution in [0.5, 0.6) is 0 Å². The molecule has 268 valence electrons. The summed E-state index contributed by atoms with van der Waals surface area (Å²) in [6.45, 7) is 3.37. The van der Waals surface area contributed by atoms with Crippen molar-refractivity contribution in [3.8, 4) is 0 Å². The number of aliphatic hydroxyl groups is 5. The molecule has 0 saturated carbocycles.